The molecule has 1 unspecified atom stereocenters. The number of ether oxygens (including phenoxy) is 1. The van der Waals surface area contributed by atoms with Crippen LogP contribution in [0.1, 0.15) is 71.6 Å². The van der Waals surface area contributed by atoms with Crippen molar-refractivity contribution in [1.29, 1.82) is 0 Å². The van der Waals surface area contributed by atoms with Crippen LogP contribution in [0, 0.1) is 5.41 Å². The molecular weight excluding hydrogens is 268 g/mol. The minimum atomic E-state index is -1.09. The Morgan fingerprint density at radius 1 is 1.24 bits per heavy atom. The Morgan fingerprint density at radius 3 is 2.57 bits per heavy atom. The number of esters is 1. The standard InChI is InChI=1S/C17H28O4/c1-3-4-5-6-7-10-13-21-15(18)14-11-8-9-12-17(14,2)16(19)20/h11H,3-10,12-13H2,1-2H3,(H,19,20). The highest BCUT2D eigenvalue weighted by Crippen LogP contribution is 2.38. The molecule has 4 heteroatoms. The summed E-state index contributed by atoms with van der Waals surface area (Å²) in [6, 6.07) is 0. The third-order valence-corrected chi connectivity index (χ3v) is 4.25. The van der Waals surface area contributed by atoms with Gasteiger partial charge in [-0.2, -0.15) is 0 Å². The largest absolute Gasteiger partial charge is 0.481 e. The summed E-state index contributed by atoms with van der Waals surface area (Å²) in [6.45, 7) is 4.18. The molecule has 0 saturated heterocycles. The first-order valence-electron chi connectivity index (χ1n) is 8.13. The number of hydrogen-bond acceptors (Lipinski definition) is 3. The van der Waals surface area contributed by atoms with Gasteiger partial charge in [-0.05, 0) is 32.6 Å². The smallest absolute Gasteiger partial charge is 0.334 e. The fourth-order valence-electron chi connectivity index (χ4n) is 2.72. The molecule has 0 fully saturated rings. The monoisotopic (exact) mass is 296 g/mol. The van der Waals surface area contributed by atoms with E-state index >= 15 is 0 Å². The van der Waals surface area contributed by atoms with E-state index in [0.29, 0.717) is 18.6 Å². The molecular formula is C17H28O4. The number of carboxylic acid groups (broad SMARTS) is 1. The van der Waals surface area contributed by atoms with Gasteiger partial charge in [-0.3, -0.25) is 4.79 Å². The summed E-state index contributed by atoms with van der Waals surface area (Å²) in [5, 5.41) is 9.36. The molecule has 0 saturated carbocycles. The summed E-state index contributed by atoms with van der Waals surface area (Å²) < 4.78 is 5.26. The van der Waals surface area contributed by atoms with E-state index < -0.39 is 17.4 Å². The van der Waals surface area contributed by atoms with Crippen molar-refractivity contribution in [2.24, 2.45) is 5.41 Å². The Kier molecular flexibility index (Phi) is 7.48. The Labute approximate surface area is 127 Å². The number of hydrogen-bond donors (Lipinski definition) is 1. The van der Waals surface area contributed by atoms with Crippen molar-refractivity contribution < 1.29 is 19.4 Å². The highest BCUT2D eigenvalue weighted by Gasteiger charge is 2.42. The minimum absolute atomic E-state index is 0.326. The summed E-state index contributed by atoms with van der Waals surface area (Å²) in [6.07, 6.45) is 10.6. The molecule has 0 aromatic rings. The quantitative estimate of drug-likeness (QED) is 0.514. The zero-order chi connectivity index (χ0) is 15.7. The molecule has 0 bridgehead atoms. The van der Waals surface area contributed by atoms with Crippen molar-refractivity contribution in [1.82, 2.24) is 0 Å². The van der Waals surface area contributed by atoms with Crippen LogP contribution in [0.3, 0.4) is 0 Å². The average Bonchev–Trinajstić information content (AvgIpc) is 2.46. The highest BCUT2D eigenvalue weighted by molar-refractivity contribution is 5.97. The fourth-order valence-corrected chi connectivity index (χ4v) is 2.72. The molecule has 0 amide bonds. The maximum atomic E-state index is 12.1. The van der Waals surface area contributed by atoms with Gasteiger partial charge in [0.2, 0.25) is 0 Å². The second kappa shape index (κ2) is 8.85. The van der Waals surface area contributed by atoms with Crippen LogP contribution >= 0.6 is 0 Å². The number of unbranched alkanes of at least 4 members (excludes halogenated alkanes) is 5. The van der Waals surface area contributed by atoms with Crippen molar-refractivity contribution in [3.8, 4) is 0 Å². The Balaban J connectivity index is 2.37. The maximum absolute atomic E-state index is 12.1. The van der Waals surface area contributed by atoms with E-state index in [1.807, 2.05) is 0 Å². The number of carbonyl (C=O) groups excluding carboxylic acids is 1. The van der Waals surface area contributed by atoms with E-state index in [1.165, 1.54) is 25.7 Å². The van der Waals surface area contributed by atoms with Crippen LogP contribution in [0.2, 0.25) is 0 Å². The topological polar surface area (TPSA) is 63.6 Å². The van der Waals surface area contributed by atoms with Crippen LogP contribution < -0.4 is 0 Å². The molecule has 0 radical (unpaired) electrons. The lowest BCUT2D eigenvalue weighted by Gasteiger charge is -2.29. The van der Waals surface area contributed by atoms with Crippen LogP contribution in [0.15, 0.2) is 11.6 Å². The molecule has 1 aliphatic rings. The molecule has 1 rings (SSSR count). The van der Waals surface area contributed by atoms with E-state index in [0.717, 1.165) is 25.7 Å². The summed E-state index contributed by atoms with van der Waals surface area (Å²) >= 11 is 0. The molecule has 1 aliphatic carbocycles. The van der Waals surface area contributed by atoms with E-state index in [9.17, 15) is 14.7 Å². The van der Waals surface area contributed by atoms with Crippen LogP contribution in [0.5, 0.6) is 0 Å². The lowest BCUT2D eigenvalue weighted by atomic mass is 9.74. The van der Waals surface area contributed by atoms with Crippen molar-refractivity contribution in [3.05, 3.63) is 11.6 Å². The molecule has 0 aromatic heterocycles. The van der Waals surface area contributed by atoms with Gasteiger partial charge >= 0.3 is 11.9 Å². The second-order valence-corrected chi connectivity index (χ2v) is 6.05. The predicted octanol–water partition coefficient (Wildman–Crippen LogP) is 4.09. The minimum Gasteiger partial charge on any atom is -0.481 e. The van der Waals surface area contributed by atoms with Crippen LogP contribution in [-0.2, 0) is 14.3 Å². The van der Waals surface area contributed by atoms with Crippen LogP contribution in [0.4, 0.5) is 0 Å². The lowest BCUT2D eigenvalue weighted by molar-refractivity contribution is -0.151. The van der Waals surface area contributed by atoms with Gasteiger partial charge in [0.05, 0.1) is 17.6 Å². The third-order valence-electron chi connectivity index (χ3n) is 4.25. The normalized spacial score (nSPS) is 21.7. The Hall–Kier alpha value is -1.32. The van der Waals surface area contributed by atoms with Gasteiger partial charge in [-0.15, -0.1) is 0 Å². The molecule has 0 heterocycles. The van der Waals surface area contributed by atoms with Gasteiger partial charge in [0.25, 0.3) is 0 Å². The Morgan fingerprint density at radius 2 is 1.90 bits per heavy atom. The fraction of sp³-hybridized carbons (Fsp3) is 0.765. The molecule has 0 aliphatic heterocycles. The predicted molar refractivity (Wildman–Crippen MR) is 82.0 cm³/mol. The van der Waals surface area contributed by atoms with Crippen molar-refractivity contribution in [2.45, 2.75) is 71.6 Å². The summed E-state index contributed by atoms with van der Waals surface area (Å²) in [5.41, 5.74) is -0.761. The molecule has 120 valence electrons. The maximum Gasteiger partial charge on any atom is 0.334 e. The summed E-state index contributed by atoms with van der Waals surface area (Å²) in [7, 11) is 0. The highest BCUT2D eigenvalue weighted by atomic mass is 16.5. The van der Waals surface area contributed by atoms with Crippen LogP contribution in [0.25, 0.3) is 0 Å². The molecule has 21 heavy (non-hydrogen) atoms. The lowest BCUT2D eigenvalue weighted by Crippen LogP contribution is -2.35. The Bertz CT molecular complexity index is 386. The molecule has 4 nitrogen and oxygen atoms in total. The average molecular weight is 296 g/mol. The zero-order valence-corrected chi connectivity index (χ0v) is 13.3. The number of aliphatic carboxylic acids is 1. The van der Waals surface area contributed by atoms with Crippen molar-refractivity contribution in [2.75, 3.05) is 6.61 Å². The first-order valence-corrected chi connectivity index (χ1v) is 8.13. The van der Waals surface area contributed by atoms with Gasteiger partial charge < -0.3 is 9.84 Å². The van der Waals surface area contributed by atoms with Gasteiger partial charge in [0.1, 0.15) is 0 Å². The molecule has 0 spiro atoms. The summed E-state index contributed by atoms with van der Waals surface area (Å²) in [4.78, 5) is 23.5. The number of carboxylic acids is 1. The van der Waals surface area contributed by atoms with Crippen molar-refractivity contribution >= 4 is 11.9 Å². The third kappa shape index (κ3) is 5.18. The SMILES string of the molecule is CCCCCCCCOC(=O)C1=CCCCC1(C)C(=O)O. The van der Waals surface area contributed by atoms with E-state index in [1.54, 1.807) is 13.0 Å². The first kappa shape index (κ1) is 17.7. The van der Waals surface area contributed by atoms with E-state index in [-0.39, 0.29) is 0 Å². The van der Waals surface area contributed by atoms with Gasteiger partial charge in [-0.1, -0.05) is 45.1 Å². The van der Waals surface area contributed by atoms with Gasteiger partial charge in [-0.25, -0.2) is 4.79 Å². The number of carbonyl (C=O) groups is 2. The zero-order valence-electron chi connectivity index (χ0n) is 13.3. The number of rotatable bonds is 9. The van der Waals surface area contributed by atoms with Crippen LogP contribution in [-0.4, -0.2) is 23.7 Å². The van der Waals surface area contributed by atoms with E-state index in [4.69, 9.17) is 4.74 Å². The van der Waals surface area contributed by atoms with Gasteiger partial charge in [0.15, 0.2) is 0 Å². The summed E-state index contributed by atoms with van der Waals surface area (Å²) in [5.74, 6) is -1.39. The molecule has 1 atom stereocenters. The van der Waals surface area contributed by atoms with Gasteiger partial charge in [0, 0.05) is 0 Å². The molecule has 0 aromatic carbocycles. The van der Waals surface area contributed by atoms with Crippen molar-refractivity contribution in [3.63, 3.8) is 0 Å². The second-order valence-electron chi connectivity index (χ2n) is 6.05. The first-order chi connectivity index (χ1) is 10.0. The number of allylic oxidation sites excluding steroid dienone is 1. The van der Waals surface area contributed by atoms with E-state index in [2.05, 4.69) is 6.92 Å². The molecule has 1 N–H and O–H groups in total.